The normalized spacial score (nSPS) is 11.1. The van der Waals surface area contributed by atoms with E-state index in [2.05, 4.69) is 15.9 Å². The molecule has 0 aliphatic rings. The van der Waals surface area contributed by atoms with Crippen molar-refractivity contribution in [2.45, 2.75) is 4.90 Å². The second kappa shape index (κ2) is 6.05. The molecule has 2 N–H and O–H groups in total. The molecule has 0 aliphatic heterocycles. The van der Waals surface area contributed by atoms with Crippen LogP contribution in [0.1, 0.15) is 10.4 Å². The second-order valence-corrected chi connectivity index (χ2v) is 6.81. The predicted molar refractivity (Wildman–Crippen MR) is 81.9 cm³/mol. The molecule has 0 aliphatic carbocycles. The number of hydrogen-bond acceptors (Lipinski definition) is 4. The summed E-state index contributed by atoms with van der Waals surface area (Å²) >= 11 is 9.08. The fourth-order valence-electron chi connectivity index (χ4n) is 1.58. The Morgan fingerprint density at radius 3 is 2.48 bits per heavy atom. The van der Waals surface area contributed by atoms with Crippen LogP contribution in [0, 0.1) is 0 Å². The van der Waals surface area contributed by atoms with E-state index >= 15 is 0 Å². The van der Waals surface area contributed by atoms with Crippen LogP contribution in [-0.4, -0.2) is 14.3 Å². The monoisotopic (exact) mass is 389 g/mol. The van der Waals surface area contributed by atoms with Crippen molar-refractivity contribution in [3.8, 4) is 5.75 Å². The molecule has 0 fully saturated rings. The Morgan fingerprint density at radius 1 is 1.19 bits per heavy atom. The highest BCUT2D eigenvalue weighted by Crippen LogP contribution is 2.29. The third-order valence-corrected chi connectivity index (χ3v) is 4.73. The molecule has 110 valence electrons. The van der Waals surface area contributed by atoms with E-state index in [0.29, 0.717) is 4.47 Å². The lowest BCUT2D eigenvalue weighted by Crippen LogP contribution is -2.16. The van der Waals surface area contributed by atoms with Gasteiger partial charge in [0.2, 0.25) is 0 Å². The van der Waals surface area contributed by atoms with Crippen LogP contribution in [0.2, 0.25) is 5.02 Å². The van der Waals surface area contributed by atoms with Gasteiger partial charge in [-0.2, -0.15) is 8.42 Å². The summed E-state index contributed by atoms with van der Waals surface area (Å²) in [4.78, 5) is 11.1. The standard InChI is InChI=1S/C13H9BrClNO4S/c14-8-5-6-12(10(15)7-8)21(18,19)20-11-4-2-1-3-9(11)13(16)17/h1-7H,(H2,16,17). The SMILES string of the molecule is NC(=O)c1ccccc1OS(=O)(=O)c1ccc(Br)cc1Cl. The van der Waals surface area contributed by atoms with Gasteiger partial charge in [0.1, 0.15) is 4.90 Å². The Morgan fingerprint density at radius 2 is 1.86 bits per heavy atom. The van der Waals surface area contributed by atoms with Gasteiger partial charge >= 0.3 is 10.1 Å². The molecule has 21 heavy (non-hydrogen) atoms. The summed E-state index contributed by atoms with van der Waals surface area (Å²) in [6.45, 7) is 0. The van der Waals surface area contributed by atoms with Crippen molar-refractivity contribution in [1.82, 2.24) is 0 Å². The molecule has 8 heteroatoms. The topological polar surface area (TPSA) is 86.5 Å². The molecule has 2 rings (SSSR count). The second-order valence-electron chi connectivity index (χ2n) is 3.97. The summed E-state index contributed by atoms with van der Waals surface area (Å²) < 4.78 is 30.1. The summed E-state index contributed by atoms with van der Waals surface area (Å²) in [5, 5.41) is 0.000862. The molecule has 2 aromatic carbocycles. The summed E-state index contributed by atoms with van der Waals surface area (Å²) in [7, 11) is -4.18. The van der Waals surface area contributed by atoms with Crippen molar-refractivity contribution in [3.05, 3.63) is 57.5 Å². The average molecular weight is 391 g/mol. The number of primary amides is 1. The van der Waals surface area contributed by atoms with Crippen molar-refractivity contribution in [2.24, 2.45) is 5.73 Å². The van der Waals surface area contributed by atoms with Gasteiger partial charge in [-0.25, -0.2) is 0 Å². The molecule has 0 spiro atoms. The van der Waals surface area contributed by atoms with E-state index in [1.165, 1.54) is 36.4 Å². The van der Waals surface area contributed by atoms with Crippen molar-refractivity contribution >= 4 is 43.6 Å². The Balaban J connectivity index is 2.45. The molecule has 0 bridgehead atoms. The first-order valence-corrected chi connectivity index (χ1v) is 8.17. The zero-order valence-corrected chi connectivity index (χ0v) is 13.6. The van der Waals surface area contributed by atoms with Crippen LogP contribution in [0.15, 0.2) is 51.8 Å². The summed E-state index contributed by atoms with van der Waals surface area (Å²) in [5.74, 6) is -0.938. The molecular formula is C13H9BrClNO4S. The van der Waals surface area contributed by atoms with Gasteiger partial charge in [-0.15, -0.1) is 0 Å². The van der Waals surface area contributed by atoms with E-state index in [-0.39, 0.29) is 21.2 Å². The molecule has 5 nitrogen and oxygen atoms in total. The van der Waals surface area contributed by atoms with E-state index in [1.807, 2.05) is 0 Å². The minimum absolute atomic E-state index is 0.000862. The highest BCUT2D eigenvalue weighted by Gasteiger charge is 2.22. The van der Waals surface area contributed by atoms with Crippen LogP contribution in [0.4, 0.5) is 0 Å². The third-order valence-electron chi connectivity index (χ3n) is 2.52. The number of benzene rings is 2. The summed E-state index contributed by atoms with van der Waals surface area (Å²) in [6.07, 6.45) is 0. The fourth-order valence-corrected chi connectivity index (χ4v) is 3.54. The number of nitrogens with two attached hydrogens (primary N) is 1. The molecule has 0 heterocycles. The Hall–Kier alpha value is -1.57. The van der Waals surface area contributed by atoms with Crippen LogP contribution in [0.25, 0.3) is 0 Å². The maximum atomic E-state index is 12.2. The lowest BCUT2D eigenvalue weighted by atomic mass is 10.2. The molecule has 0 aromatic heterocycles. The number of hydrogen-bond donors (Lipinski definition) is 1. The molecule has 2 aromatic rings. The maximum Gasteiger partial charge on any atom is 0.340 e. The van der Waals surface area contributed by atoms with Crippen molar-refractivity contribution in [2.75, 3.05) is 0 Å². The molecule has 0 saturated heterocycles. The van der Waals surface area contributed by atoms with Crippen molar-refractivity contribution in [3.63, 3.8) is 0 Å². The first-order chi connectivity index (χ1) is 9.81. The largest absolute Gasteiger partial charge is 0.378 e. The van der Waals surface area contributed by atoms with Gasteiger partial charge in [0.15, 0.2) is 5.75 Å². The van der Waals surface area contributed by atoms with Crippen LogP contribution in [-0.2, 0) is 10.1 Å². The molecule has 0 atom stereocenters. The smallest absolute Gasteiger partial charge is 0.340 e. The number of para-hydroxylation sites is 1. The zero-order valence-electron chi connectivity index (χ0n) is 10.4. The number of carbonyl (C=O) groups excluding carboxylic acids is 1. The summed E-state index contributed by atoms with van der Waals surface area (Å²) in [6, 6.07) is 10.0. The number of carbonyl (C=O) groups is 1. The molecule has 0 radical (unpaired) electrons. The summed E-state index contributed by atoms with van der Waals surface area (Å²) in [5.41, 5.74) is 5.14. The zero-order chi connectivity index (χ0) is 15.6. The van der Waals surface area contributed by atoms with Crippen molar-refractivity contribution < 1.29 is 17.4 Å². The Bertz CT molecular complexity index is 808. The Labute approximate surface area is 134 Å². The first-order valence-electron chi connectivity index (χ1n) is 5.59. The highest BCUT2D eigenvalue weighted by atomic mass is 79.9. The van der Waals surface area contributed by atoms with Crippen LogP contribution >= 0.6 is 27.5 Å². The van der Waals surface area contributed by atoms with Crippen LogP contribution < -0.4 is 9.92 Å². The molecule has 0 unspecified atom stereocenters. The van der Waals surface area contributed by atoms with Gasteiger partial charge in [-0.3, -0.25) is 4.79 Å². The predicted octanol–water partition coefficient (Wildman–Crippen LogP) is 2.97. The number of amides is 1. The number of rotatable bonds is 4. The number of halogens is 2. The van der Waals surface area contributed by atoms with E-state index in [0.717, 1.165) is 0 Å². The van der Waals surface area contributed by atoms with Gasteiger partial charge in [0, 0.05) is 4.47 Å². The lowest BCUT2D eigenvalue weighted by Gasteiger charge is -2.10. The van der Waals surface area contributed by atoms with E-state index in [9.17, 15) is 13.2 Å². The van der Waals surface area contributed by atoms with E-state index in [4.69, 9.17) is 21.5 Å². The quantitative estimate of drug-likeness (QED) is 0.813. The molecular weight excluding hydrogens is 382 g/mol. The van der Waals surface area contributed by atoms with Crippen molar-refractivity contribution in [1.29, 1.82) is 0 Å². The van der Waals surface area contributed by atoms with Gasteiger partial charge in [-0.05, 0) is 30.3 Å². The average Bonchev–Trinajstić information content (AvgIpc) is 2.37. The third kappa shape index (κ3) is 3.55. The molecule has 1 amide bonds. The first kappa shape index (κ1) is 15.8. The Kier molecular flexibility index (Phi) is 4.55. The van der Waals surface area contributed by atoms with E-state index in [1.54, 1.807) is 6.07 Å². The fraction of sp³-hybridized carbons (Fsp3) is 0. The van der Waals surface area contributed by atoms with E-state index < -0.39 is 16.0 Å². The molecule has 0 saturated carbocycles. The minimum Gasteiger partial charge on any atom is -0.378 e. The van der Waals surface area contributed by atoms with Crippen LogP contribution in [0.3, 0.4) is 0 Å². The maximum absolute atomic E-state index is 12.2. The van der Waals surface area contributed by atoms with Crippen LogP contribution in [0.5, 0.6) is 5.75 Å². The van der Waals surface area contributed by atoms with Gasteiger partial charge in [-0.1, -0.05) is 39.7 Å². The van der Waals surface area contributed by atoms with Gasteiger partial charge < -0.3 is 9.92 Å². The lowest BCUT2D eigenvalue weighted by molar-refractivity contribution is 0.0999. The van der Waals surface area contributed by atoms with Gasteiger partial charge in [0.25, 0.3) is 5.91 Å². The van der Waals surface area contributed by atoms with Gasteiger partial charge in [0.05, 0.1) is 10.6 Å². The minimum atomic E-state index is -4.18. The highest BCUT2D eigenvalue weighted by molar-refractivity contribution is 9.10.